The first-order chi connectivity index (χ1) is 15.0. The molecule has 3 heterocycles. The first-order valence-electron chi connectivity index (χ1n) is 10.2. The minimum Gasteiger partial charge on any atom is -0.360 e. The Kier molecular flexibility index (Phi) is 4.51. The van der Waals surface area contributed by atoms with E-state index in [0.29, 0.717) is 17.3 Å². The standard InChI is InChI=1S/C24H22N6O/c1-14-8-7-9-17-12-19(30(24(31)20(14)17)18-10-5-4-6-11-18)15(2)27-23-21-22(26-13-25-21)28-16(3)29-23/h4-13,15H,1-3H3,(H2,25,26,27,28,29)/t15-/m0/s1. The Morgan fingerprint density at radius 3 is 2.65 bits per heavy atom. The predicted octanol–water partition coefficient (Wildman–Crippen LogP) is 4.45. The van der Waals surface area contributed by atoms with Gasteiger partial charge in [-0.15, -0.1) is 0 Å². The number of nitrogens with zero attached hydrogens (tertiary/aromatic N) is 4. The van der Waals surface area contributed by atoms with Crippen molar-refractivity contribution in [3.8, 4) is 5.69 Å². The van der Waals surface area contributed by atoms with Crippen LogP contribution in [0.15, 0.2) is 65.7 Å². The van der Waals surface area contributed by atoms with Crippen LogP contribution in [-0.2, 0) is 0 Å². The van der Waals surface area contributed by atoms with Gasteiger partial charge in [-0.1, -0.05) is 36.4 Å². The third kappa shape index (κ3) is 3.24. The van der Waals surface area contributed by atoms with Crippen molar-refractivity contribution in [2.75, 3.05) is 5.32 Å². The van der Waals surface area contributed by atoms with Crippen molar-refractivity contribution in [1.82, 2.24) is 24.5 Å². The fourth-order valence-electron chi connectivity index (χ4n) is 4.04. The second-order valence-corrected chi connectivity index (χ2v) is 7.67. The summed E-state index contributed by atoms with van der Waals surface area (Å²) in [5.41, 5.74) is 3.95. The van der Waals surface area contributed by atoms with Gasteiger partial charge >= 0.3 is 0 Å². The van der Waals surface area contributed by atoms with Crippen molar-refractivity contribution in [2.45, 2.75) is 26.8 Å². The molecular formula is C24H22N6O. The summed E-state index contributed by atoms with van der Waals surface area (Å²) in [6.45, 7) is 5.83. The summed E-state index contributed by atoms with van der Waals surface area (Å²) in [5, 5.41) is 5.12. The average Bonchev–Trinajstić information content (AvgIpc) is 3.22. The number of anilines is 1. The van der Waals surface area contributed by atoms with Gasteiger partial charge in [0.1, 0.15) is 11.3 Å². The van der Waals surface area contributed by atoms with Crippen LogP contribution in [0, 0.1) is 13.8 Å². The van der Waals surface area contributed by atoms with Gasteiger partial charge in [-0.05, 0) is 49.9 Å². The average molecular weight is 410 g/mol. The molecule has 1 atom stereocenters. The van der Waals surface area contributed by atoms with E-state index in [1.54, 1.807) is 10.9 Å². The summed E-state index contributed by atoms with van der Waals surface area (Å²) in [6, 6.07) is 17.5. The SMILES string of the molecule is Cc1nc(N[C@@H](C)c2cc3cccc(C)c3c(=O)n2-c2ccccc2)c2[nH]cnc2n1. The van der Waals surface area contributed by atoms with Gasteiger partial charge in [0.15, 0.2) is 11.5 Å². The summed E-state index contributed by atoms with van der Waals surface area (Å²) in [7, 11) is 0. The van der Waals surface area contributed by atoms with Crippen molar-refractivity contribution >= 4 is 27.8 Å². The molecule has 0 radical (unpaired) electrons. The number of nitrogens with one attached hydrogen (secondary N) is 2. The molecule has 0 unspecified atom stereocenters. The maximum absolute atomic E-state index is 13.6. The topological polar surface area (TPSA) is 88.5 Å². The molecular weight excluding hydrogens is 388 g/mol. The van der Waals surface area contributed by atoms with Crippen LogP contribution < -0.4 is 10.9 Å². The number of rotatable bonds is 4. The molecule has 5 rings (SSSR count). The number of para-hydroxylation sites is 1. The lowest BCUT2D eigenvalue weighted by molar-refractivity contribution is 0.772. The molecule has 154 valence electrons. The molecule has 0 bridgehead atoms. The summed E-state index contributed by atoms with van der Waals surface area (Å²) < 4.78 is 1.78. The molecule has 7 heteroatoms. The van der Waals surface area contributed by atoms with E-state index in [1.807, 2.05) is 69.3 Å². The second-order valence-electron chi connectivity index (χ2n) is 7.67. The molecule has 7 nitrogen and oxygen atoms in total. The Hall–Kier alpha value is -4.00. The number of hydrogen-bond donors (Lipinski definition) is 2. The quantitative estimate of drug-likeness (QED) is 0.457. The zero-order valence-electron chi connectivity index (χ0n) is 17.5. The minimum atomic E-state index is -0.210. The molecule has 0 aliphatic rings. The third-order valence-corrected chi connectivity index (χ3v) is 5.49. The fraction of sp³-hybridized carbons (Fsp3) is 0.167. The molecule has 3 aromatic heterocycles. The van der Waals surface area contributed by atoms with Gasteiger partial charge in [0.2, 0.25) is 0 Å². The van der Waals surface area contributed by atoms with Crippen LogP contribution in [0.5, 0.6) is 0 Å². The van der Waals surface area contributed by atoms with Crippen LogP contribution in [0.1, 0.15) is 30.0 Å². The zero-order valence-corrected chi connectivity index (χ0v) is 17.5. The highest BCUT2D eigenvalue weighted by atomic mass is 16.1. The van der Waals surface area contributed by atoms with E-state index < -0.39 is 0 Å². The van der Waals surface area contributed by atoms with Gasteiger partial charge < -0.3 is 10.3 Å². The summed E-state index contributed by atoms with van der Waals surface area (Å²) in [4.78, 5) is 29.9. The summed E-state index contributed by atoms with van der Waals surface area (Å²) in [5.74, 6) is 1.28. The Balaban J connectivity index is 1.71. The Morgan fingerprint density at radius 2 is 1.84 bits per heavy atom. The second kappa shape index (κ2) is 7.36. The number of imidazole rings is 1. The van der Waals surface area contributed by atoms with Crippen molar-refractivity contribution < 1.29 is 0 Å². The van der Waals surface area contributed by atoms with Crippen molar-refractivity contribution in [1.29, 1.82) is 0 Å². The number of aryl methyl sites for hydroxylation is 2. The van der Waals surface area contributed by atoms with Crippen LogP contribution >= 0.6 is 0 Å². The number of H-pyrrole nitrogens is 1. The van der Waals surface area contributed by atoms with E-state index >= 15 is 0 Å². The number of pyridine rings is 1. The summed E-state index contributed by atoms with van der Waals surface area (Å²) in [6.07, 6.45) is 1.60. The largest absolute Gasteiger partial charge is 0.360 e. The van der Waals surface area contributed by atoms with E-state index in [-0.39, 0.29) is 11.6 Å². The van der Waals surface area contributed by atoms with E-state index in [9.17, 15) is 4.79 Å². The number of aromatic nitrogens is 5. The lowest BCUT2D eigenvalue weighted by atomic mass is 10.0. The van der Waals surface area contributed by atoms with Gasteiger partial charge in [-0.3, -0.25) is 9.36 Å². The van der Waals surface area contributed by atoms with Crippen LogP contribution in [-0.4, -0.2) is 24.5 Å². The lowest BCUT2D eigenvalue weighted by Gasteiger charge is -2.22. The zero-order chi connectivity index (χ0) is 21.5. The number of hydrogen-bond acceptors (Lipinski definition) is 5. The summed E-state index contributed by atoms with van der Waals surface area (Å²) >= 11 is 0. The third-order valence-electron chi connectivity index (χ3n) is 5.49. The normalized spacial score (nSPS) is 12.4. The molecule has 31 heavy (non-hydrogen) atoms. The molecule has 5 aromatic rings. The molecule has 0 spiro atoms. The van der Waals surface area contributed by atoms with Gasteiger partial charge in [-0.2, -0.15) is 0 Å². The van der Waals surface area contributed by atoms with Crippen molar-refractivity contribution in [3.05, 3.63) is 88.4 Å². The van der Waals surface area contributed by atoms with Crippen LogP contribution in [0.2, 0.25) is 0 Å². The lowest BCUT2D eigenvalue weighted by Crippen LogP contribution is -2.26. The molecule has 0 saturated heterocycles. The molecule has 0 aliphatic heterocycles. The molecule has 2 N–H and O–H groups in total. The number of aromatic amines is 1. The Morgan fingerprint density at radius 1 is 1.03 bits per heavy atom. The van der Waals surface area contributed by atoms with Crippen molar-refractivity contribution in [2.24, 2.45) is 0 Å². The molecule has 2 aromatic carbocycles. The Bertz CT molecular complexity index is 1470. The molecule has 0 fully saturated rings. The highest BCUT2D eigenvalue weighted by Gasteiger charge is 2.19. The molecule has 0 saturated carbocycles. The van der Waals surface area contributed by atoms with Gasteiger partial charge in [-0.25, -0.2) is 15.0 Å². The maximum Gasteiger partial charge on any atom is 0.263 e. The van der Waals surface area contributed by atoms with Crippen molar-refractivity contribution in [3.63, 3.8) is 0 Å². The molecule has 0 aliphatic carbocycles. The maximum atomic E-state index is 13.6. The van der Waals surface area contributed by atoms with Gasteiger partial charge in [0, 0.05) is 11.4 Å². The predicted molar refractivity (Wildman–Crippen MR) is 123 cm³/mol. The number of benzene rings is 2. The van der Waals surface area contributed by atoms with Gasteiger partial charge in [0.05, 0.1) is 17.8 Å². The first kappa shape index (κ1) is 19.0. The number of fused-ring (bicyclic) bond motifs is 2. The fourth-order valence-corrected chi connectivity index (χ4v) is 4.04. The molecule has 0 amide bonds. The highest BCUT2D eigenvalue weighted by molar-refractivity contribution is 5.86. The van der Waals surface area contributed by atoms with Crippen LogP contribution in [0.4, 0.5) is 5.82 Å². The van der Waals surface area contributed by atoms with Crippen LogP contribution in [0.25, 0.3) is 27.6 Å². The first-order valence-corrected chi connectivity index (χ1v) is 10.2. The monoisotopic (exact) mass is 410 g/mol. The highest BCUT2D eigenvalue weighted by Crippen LogP contribution is 2.26. The smallest absolute Gasteiger partial charge is 0.263 e. The van der Waals surface area contributed by atoms with Crippen LogP contribution in [0.3, 0.4) is 0 Å². The van der Waals surface area contributed by atoms with E-state index in [2.05, 4.69) is 31.3 Å². The van der Waals surface area contributed by atoms with E-state index in [4.69, 9.17) is 0 Å². The van der Waals surface area contributed by atoms with E-state index in [1.165, 1.54) is 0 Å². The minimum absolute atomic E-state index is 0.0315. The van der Waals surface area contributed by atoms with Gasteiger partial charge in [0.25, 0.3) is 5.56 Å². The Labute approximate surface area is 178 Å². The van der Waals surface area contributed by atoms with E-state index in [0.717, 1.165) is 33.2 Å².